The molecule has 0 radical (unpaired) electrons. The molecule has 23 heavy (non-hydrogen) atoms. The van der Waals surface area contributed by atoms with Crippen molar-refractivity contribution in [3.8, 4) is 0 Å². The fourth-order valence-corrected chi connectivity index (χ4v) is 3.27. The number of ether oxygens (including phenoxy) is 1. The molecule has 1 atom stereocenters. The van der Waals surface area contributed by atoms with E-state index in [4.69, 9.17) is 16.3 Å². The molecule has 1 aromatic carbocycles. The van der Waals surface area contributed by atoms with Crippen LogP contribution in [0.3, 0.4) is 0 Å². The highest BCUT2D eigenvalue weighted by atomic mass is 35.5. The Morgan fingerprint density at radius 1 is 1.35 bits per heavy atom. The summed E-state index contributed by atoms with van der Waals surface area (Å²) in [7, 11) is 0. The van der Waals surface area contributed by atoms with Crippen molar-refractivity contribution in [2.75, 3.05) is 51.3 Å². The SMILES string of the molecule is O=C(Nc1cc(Cl)ccc1F)N1CCC(CN2CCOCC2)C1. The van der Waals surface area contributed by atoms with Gasteiger partial charge in [-0.25, -0.2) is 9.18 Å². The van der Waals surface area contributed by atoms with E-state index in [1.807, 2.05) is 0 Å². The molecular weight excluding hydrogens is 321 g/mol. The molecule has 2 aliphatic heterocycles. The maximum atomic E-state index is 13.7. The number of carbonyl (C=O) groups excluding carboxylic acids is 1. The lowest BCUT2D eigenvalue weighted by atomic mass is 10.1. The van der Waals surface area contributed by atoms with E-state index in [0.29, 0.717) is 24.0 Å². The van der Waals surface area contributed by atoms with Gasteiger partial charge in [-0.05, 0) is 30.5 Å². The minimum absolute atomic E-state index is 0.124. The first-order valence-corrected chi connectivity index (χ1v) is 8.30. The molecule has 0 aliphatic carbocycles. The van der Waals surface area contributed by atoms with Crippen molar-refractivity contribution >= 4 is 23.3 Å². The van der Waals surface area contributed by atoms with Crippen molar-refractivity contribution in [3.05, 3.63) is 29.0 Å². The average molecular weight is 342 g/mol. The van der Waals surface area contributed by atoms with Gasteiger partial charge in [0.1, 0.15) is 5.82 Å². The molecule has 2 heterocycles. The fourth-order valence-electron chi connectivity index (χ4n) is 3.10. The highest BCUT2D eigenvalue weighted by Gasteiger charge is 2.28. The summed E-state index contributed by atoms with van der Waals surface area (Å²) in [5, 5.41) is 3.01. The number of anilines is 1. The Morgan fingerprint density at radius 3 is 2.91 bits per heavy atom. The van der Waals surface area contributed by atoms with Crippen molar-refractivity contribution in [2.24, 2.45) is 5.92 Å². The largest absolute Gasteiger partial charge is 0.379 e. The van der Waals surface area contributed by atoms with Crippen LogP contribution in [0.1, 0.15) is 6.42 Å². The molecule has 0 aromatic heterocycles. The minimum atomic E-state index is -0.480. The van der Waals surface area contributed by atoms with Crippen molar-refractivity contribution in [2.45, 2.75) is 6.42 Å². The Bertz CT molecular complexity index is 566. The molecule has 2 aliphatic rings. The van der Waals surface area contributed by atoms with Gasteiger partial charge in [0.15, 0.2) is 0 Å². The summed E-state index contributed by atoms with van der Waals surface area (Å²) in [6.45, 7) is 5.86. The second kappa shape index (κ2) is 7.47. The van der Waals surface area contributed by atoms with Crippen LogP contribution in [0.25, 0.3) is 0 Å². The maximum Gasteiger partial charge on any atom is 0.321 e. The van der Waals surface area contributed by atoms with Crippen LogP contribution in [0.15, 0.2) is 18.2 Å². The highest BCUT2D eigenvalue weighted by molar-refractivity contribution is 6.30. The number of amides is 2. The van der Waals surface area contributed by atoms with Crippen molar-refractivity contribution < 1.29 is 13.9 Å². The third-order valence-corrected chi connectivity index (χ3v) is 4.60. The summed E-state index contributed by atoms with van der Waals surface area (Å²) in [6.07, 6.45) is 0.975. The molecule has 126 valence electrons. The monoisotopic (exact) mass is 341 g/mol. The molecule has 1 aromatic rings. The predicted octanol–water partition coefficient (Wildman–Crippen LogP) is 2.67. The van der Waals surface area contributed by atoms with Crippen molar-refractivity contribution in [3.63, 3.8) is 0 Å². The summed E-state index contributed by atoms with van der Waals surface area (Å²) in [5.74, 6) is -0.0186. The normalized spacial score (nSPS) is 22.3. The Morgan fingerprint density at radius 2 is 2.13 bits per heavy atom. The summed E-state index contributed by atoms with van der Waals surface area (Å²) in [5.41, 5.74) is 0.124. The zero-order valence-corrected chi connectivity index (χ0v) is 13.7. The van der Waals surface area contributed by atoms with Gasteiger partial charge < -0.3 is 15.0 Å². The van der Waals surface area contributed by atoms with E-state index in [1.165, 1.54) is 18.2 Å². The van der Waals surface area contributed by atoms with Gasteiger partial charge in [0.05, 0.1) is 18.9 Å². The van der Waals surface area contributed by atoms with Crippen molar-refractivity contribution in [1.82, 2.24) is 9.80 Å². The van der Waals surface area contributed by atoms with Crippen molar-refractivity contribution in [1.29, 1.82) is 0 Å². The molecular formula is C16H21ClFN3O2. The number of likely N-dealkylation sites (tertiary alicyclic amines) is 1. The van der Waals surface area contributed by atoms with E-state index < -0.39 is 5.82 Å². The first-order valence-electron chi connectivity index (χ1n) is 7.93. The molecule has 2 fully saturated rings. The van der Waals surface area contributed by atoms with Crippen LogP contribution in [-0.4, -0.2) is 61.8 Å². The van der Waals surface area contributed by atoms with E-state index >= 15 is 0 Å². The number of hydrogen-bond donors (Lipinski definition) is 1. The van der Waals surface area contributed by atoms with E-state index in [-0.39, 0.29) is 11.7 Å². The number of nitrogens with one attached hydrogen (secondary N) is 1. The molecule has 2 amide bonds. The molecule has 7 heteroatoms. The number of halogens is 2. The third-order valence-electron chi connectivity index (χ3n) is 4.36. The number of morpholine rings is 1. The summed E-state index contributed by atoms with van der Waals surface area (Å²) >= 11 is 5.84. The quantitative estimate of drug-likeness (QED) is 0.919. The lowest BCUT2D eigenvalue weighted by Crippen LogP contribution is -2.40. The standard InChI is InChI=1S/C16H21ClFN3O2/c17-13-1-2-14(18)15(9-13)19-16(22)21-4-3-12(11-21)10-20-5-7-23-8-6-20/h1-2,9,12H,3-8,10-11H2,(H,19,22). The Labute approximate surface area is 140 Å². The van der Waals surface area contributed by atoms with Crippen LogP contribution in [0.5, 0.6) is 0 Å². The predicted molar refractivity (Wildman–Crippen MR) is 87.4 cm³/mol. The summed E-state index contributed by atoms with van der Waals surface area (Å²) in [4.78, 5) is 16.4. The van der Waals surface area contributed by atoms with Crippen LogP contribution in [0.2, 0.25) is 5.02 Å². The Hall–Kier alpha value is -1.37. The van der Waals surface area contributed by atoms with E-state index in [9.17, 15) is 9.18 Å². The molecule has 0 saturated carbocycles. The maximum absolute atomic E-state index is 13.7. The first kappa shape index (κ1) is 16.5. The van der Waals surface area contributed by atoms with E-state index in [0.717, 1.165) is 39.3 Å². The Balaban J connectivity index is 1.51. The number of benzene rings is 1. The molecule has 1 N–H and O–H groups in total. The number of carbonyl (C=O) groups is 1. The molecule has 3 rings (SSSR count). The summed E-state index contributed by atoms with van der Waals surface area (Å²) < 4.78 is 19.0. The lowest BCUT2D eigenvalue weighted by molar-refractivity contribution is 0.0314. The molecule has 0 bridgehead atoms. The lowest BCUT2D eigenvalue weighted by Gasteiger charge is -2.29. The van der Waals surface area contributed by atoms with Crippen LogP contribution < -0.4 is 5.32 Å². The van der Waals surface area contributed by atoms with Gasteiger partial charge in [-0.2, -0.15) is 0 Å². The molecule has 2 saturated heterocycles. The van der Waals surface area contributed by atoms with Gasteiger partial charge in [0.25, 0.3) is 0 Å². The Kier molecular flexibility index (Phi) is 5.35. The van der Waals surface area contributed by atoms with Crippen LogP contribution in [0.4, 0.5) is 14.9 Å². The van der Waals surface area contributed by atoms with Gasteiger partial charge in [0, 0.05) is 37.7 Å². The van der Waals surface area contributed by atoms with Gasteiger partial charge in [-0.15, -0.1) is 0 Å². The van der Waals surface area contributed by atoms with E-state index in [1.54, 1.807) is 4.90 Å². The van der Waals surface area contributed by atoms with Crippen LogP contribution >= 0.6 is 11.6 Å². The topological polar surface area (TPSA) is 44.8 Å². The second-order valence-electron chi connectivity index (χ2n) is 6.07. The number of hydrogen-bond acceptors (Lipinski definition) is 3. The van der Waals surface area contributed by atoms with Crippen LogP contribution in [-0.2, 0) is 4.74 Å². The van der Waals surface area contributed by atoms with Crippen LogP contribution in [0, 0.1) is 11.7 Å². The second-order valence-corrected chi connectivity index (χ2v) is 6.50. The van der Waals surface area contributed by atoms with Gasteiger partial charge >= 0.3 is 6.03 Å². The van der Waals surface area contributed by atoms with Gasteiger partial charge in [-0.3, -0.25) is 4.90 Å². The zero-order chi connectivity index (χ0) is 16.2. The molecule has 1 unspecified atom stereocenters. The molecule has 0 spiro atoms. The summed E-state index contributed by atoms with van der Waals surface area (Å²) in [6, 6.07) is 3.87. The highest BCUT2D eigenvalue weighted by Crippen LogP contribution is 2.22. The van der Waals surface area contributed by atoms with E-state index in [2.05, 4.69) is 10.2 Å². The van der Waals surface area contributed by atoms with Gasteiger partial charge in [-0.1, -0.05) is 11.6 Å². The first-order chi connectivity index (χ1) is 11.1. The minimum Gasteiger partial charge on any atom is -0.379 e. The molecule has 5 nitrogen and oxygen atoms in total. The smallest absolute Gasteiger partial charge is 0.321 e. The third kappa shape index (κ3) is 4.34. The zero-order valence-electron chi connectivity index (χ0n) is 12.9. The average Bonchev–Trinajstić information content (AvgIpc) is 3.00. The van der Waals surface area contributed by atoms with Gasteiger partial charge in [0.2, 0.25) is 0 Å². The number of urea groups is 1. The fraction of sp³-hybridized carbons (Fsp3) is 0.562. The number of nitrogens with zero attached hydrogens (tertiary/aromatic N) is 2. The number of rotatable bonds is 3.